The topological polar surface area (TPSA) is 69.6 Å². The third-order valence-corrected chi connectivity index (χ3v) is 3.57. The van der Waals surface area contributed by atoms with Gasteiger partial charge in [-0.2, -0.15) is 0 Å². The molecule has 1 aliphatic carbocycles. The van der Waals surface area contributed by atoms with Crippen molar-refractivity contribution in [2.75, 3.05) is 20.6 Å². The Morgan fingerprint density at radius 1 is 1.40 bits per heavy atom. The fourth-order valence-corrected chi connectivity index (χ4v) is 2.15. The van der Waals surface area contributed by atoms with Gasteiger partial charge in [0.15, 0.2) is 0 Å². The summed E-state index contributed by atoms with van der Waals surface area (Å²) in [6, 6.07) is 6.59. The van der Waals surface area contributed by atoms with Crippen molar-refractivity contribution in [3.63, 3.8) is 0 Å². The first kappa shape index (κ1) is 14.5. The van der Waals surface area contributed by atoms with Crippen LogP contribution in [0.15, 0.2) is 24.3 Å². The number of amides is 2. The third-order valence-electron chi connectivity index (χ3n) is 3.57. The Morgan fingerprint density at radius 3 is 2.65 bits per heavy atom. The van der Waals surface area contributed by atoms with Crippen molar-refractivity contribution in [3.8, 4) is 0 Å². The maximum absolute atomic E-state index is 12.3. The summed E-state index contributed by atoms with van der Waals surface area (Å²) in [4.78, 5) is 25.3. The lowest BCUT2D eigenvalue weighted by atomic mass is 10.1. The second-order valence-corrected chi connectivity index (χ2v) is 5.25. The van der Waals surface area contributed by atoms with Crippen LogP contribution in [-0.4, -0.2) is 48.6 Å². The van der Waals surface area contributed by atoms with Crippen LogP contribution in [0.4, 0.5) is 0 Å². The Bertz CT molecular complexity index is 512. The zero-order chi connectivity index (χ0) is 14.7. The smallest absolute Gasteiger partial charge is 0.253 e. The summed E-state index contributed by atoms with van der Waals surface area (Å²) in [5.41, 5.74) is 0.908. The van der Waals surface area contributed by atoms with Gasteiger partial charge < -0.3 is 15.3 Å². The highest BCUT2D eigenvalue weighted by Crippen LogP contribution is 2.32. The lowest BCUT2D eigenvalue weighted by Crippen LogP contribution is -2.35. The molecule has 0 bridgehead atoms. The Hall–Kier alpha value is -1.88. The van der Waals surface area contributed by atoms with Crippen molar-refractivity contribution < 1.29 is 14.7 Å². The number of carbonyl (C=O) groups excluding carboxylic acids is 2. The molecule has 1 atom stereocenters. The first-order valence-electron chi connectivity index (χ1n) is 6.78. The molecule has 5 heteroatoms. The maximum Gasteiger partial charge on any atom is 0.253 e. The average Bonchev–Trinajstić information content (AvgIpc) is 3.30. The van der Waals surface area contributed by atoms with E-state index >= 15 is 0 Å². The Morgan fingerprint density at radius 2 is 2.05 bits per heavy atom. The summed E-state index contributed by atoms with van der Waals surface area (Å²) in [5, 5.41) is 12.4. The van der Waals surface area contributed by atoms with Crippen molar-refractivity contribution in [3.05, 3.63) is 35.4 Å². The van der Waals surface area contributed by atoms with Gasteiger partial charge in [-0.25, -0.2) is 0 Å². The van der Waals surface area contributed by atoms with Crippen LogP contribution in [0.5, 0.6) is 0 Å². The third kappa shape index (κ3) is 3.36. The molecule has 1 saturated carbocycles. The summed E-state index contributed by atoms with van der Waals surface area (Å²) in [5.74, 6) is -0.0711. The number of carbonyl (C=O) groups is 2. The van der Waals surface area contributed by atoms with Gasteiger partial charge in [0.2, 0.25) is 0 Å². The molecule has 0 aliphatic heterocycles. The van der Waals surface area contributed by atoms with E-state index in [-0.39, 0.29) is 11.8 Å². The molecule has 1 aromatic carbocycles. The highest BCUT2D eigenvalue weighted by atomic mass is 16.3. The second-order valence-electron chi connectivity index (χ2n) is 5.25. The number of benzene rings is 1. The molecule has 0 radical (unpaired) electrons. The molecule has 5 nitrogen and oxygen atoms in total. The summed E-state index contributed by atoms with van der Waals surface area (Å²) in [6.45, 7) is 0.327. The second kappa shape index (κ2) is 6.05. The van der Waals surface area contributed by atoms with E-state index in [0.717, 1.165) is 12.8 Å². The number of hydrogen-bond donors (Lipinski definition) is 2. The molecule has 20 heavy (non-hydrogen) atoms. The predicted octanol–water partition coefficient (Wildman–Crippen LogP) is 0.889. The molecule has 2 N–H and O–H groups in total. The van der Waals surface area contributed by atoms with Crippen molar-refractivity contribution >= 4 is 11.8 Å². The van der Waals surface area contributed by atoms with E-state index in [9.17, 15) is 14.7 Å². The van der Waals surface area contributed by atoms with Gasteiger partial charge in [0.05, 0.1) is 6.10 Å². The van der Waals surface area contributed by atoms with Crippen LogP contribution in [-0.2, 0) is 0 Å². The van der Waals surface area contributed by atoms with E-state index in [1.165, 1.54) is 4.90 Å². The molecule has 0 heterocycles. The standard InChI is InChI=1S/C15H20N2O3/c1-16-14(19)11-4-3-5-12(8-11)15(20)17(2)9-13(18)10-6-7-10/h3-5,8,10,13,18H,6-7,9H2,1-2H3,(H,16,19). The van der Waals surface area contributed by atoms with E-state index in [0.29, 0.717) is 23.6 Å². The van der Waals surface area contributed by atoms with E-state index in [1.807, 2.05) is 0 Å². The predicted molar refractivity (Wildman–Crippen MR) is 75.5 cm³/mol. The number of nitrogens with one attached hydrogen (secondary N) is 1. The number of aliphatic hydroxyl groups excluding tert-OH is 1. The molecule has 1 aromatic rings. The zero-order valence-electron chi connectivity index (χ0n) is 11.8. The van der Waals surface area contributed by atoms with Gasteiger partial charge in [0.1, 0.15) is 0 Å². The molecular formula is C15H20N2O3. The number of rotatable bonds is 5. The zero-order valence-corrected chi connectivity index (χ0v) is 11.8. The minimum atomic E-state index is -0.453. The van der Waals surface area contributed by atoms with Gasteiger partial charge in [-0.1, -0.05) is 6.07 Å². The molecular weight excluding hydrogens is 256 g/mol. The van der Waals surface area contributed by atoms with Crippen LogP contribution in [0, 0.1) is 5.92 Å². The Balaban J connectivity index is 2.05. The molecule has 1 aliphatic rings. The number of nitrogens with zero attached hydrogens (tertiary/aromatic N) is 1. The summed E-state index contributed by atoms with van der Waals surface area (Å²) in [7, 11) is 3.22. The Kier molecular flexibility index (Phi) is 4.39. The van der Waals surface area contributed by atoms with E-state index in [2.05, 4.69) is 5.32 Å². The maximum atomic E-state index is 12.3. The largest absolute Gasteiger partial charge is 0.391 e. The number of aliphatic hydroxyl groups is 1. The summed E-state index contributed by atoms with van der Waals surface area (Å²) in [6.07, 6.45) is 1.62. The van der Waals surface area contributed by atoms with E-state index in [1.54, 1.807) is 38.4 Å². The lowest BCUT2D eigenvalue weighted by Gasteiger charge is -2.21. The molecule has 1 unspecified atom stereocenters. The molecule has 2 rings (SSSR count). The van der Waals surface area contributed by atoms with Gasteiger partial charge in [-0.3, -0.25) is 9.59 Å². The summed E-state index contributed by atoms with van der Waals surface area (Å²) >= 11 is 0. The molecule has 0 spiro atoms. The van der Waals surface area contributed by atoms with Crippen LogP contribution >= 0.6 is 0 Å². The molecule has 0 aromatic heterocycles. The van der Waals surface area contributed by atoms with Crippen LogP contribution in [0.3, 0.4) is 0 Å². The first-order chi connectivity index (χ1) is 9.52. The Labute approximate surface area is 118 Å². The van der Waals surface area contributed by atoms with Crippen molar-refractivity contribution in [2.24, 2.45) is 5.92 Å². The van der Waals surface area contributed by atoms with Crippen molar-refractivity contribution in [1.29, 1.82) is 0 Å². The number of hydrogen-bond acceptors (Lipinski definition) is 3. The average molecular weight is 276 g/mol. The minimum Gasteiger partial charge on any atom is -0.391 e. The van der Waals surface area contributed by atoms with Crippen molar-refractivity contribution in [1.82, 2.24) is 10.2 Å². The molecule has 1 fully saturated rings. The highest BCUT2D eigenvalue weighted by Gasteiger charge is 2.31. The normalized spacial score (nSPS) is 15.6. The highest BCUT2D eigenvalue weighted by molar-refractivity contribution is 5.99. The van der Waals surface area contributed by atoms with Crippen LogP contribution in [0.1, 0.15) is 33.6 Å². The fraction of sp³-hybridized carbons (Fsp3) is 0.467. The molecule has 0 saturated heterocycles. The fourth-order valence-electron chi connectivity index (χ4n) is 2.15. The van der Waals surface area contributed by atoms with Crippen LogP contribution in [0.2, 0.25) is 0 Å². The van der Waals surface area contributed by atoms with Gasteiger partial charge in [0.25, 0.3) is 11.8 Å². The molecule has 108 valence electrons. The quantitative estimate of drug-likeness (QED) is 0.839. The lowest BCUT2D eigenvalue weighted by molar-refractivity contribution is 0.0645. The van der Waals surface area contributed by atoms with Crippen molar-refractivity contribution in [2.45, 2.75) is 18.9 Å². The summed E-state index contributed by atoms with van der Waals surface area (Å²) < 4.78 is 0. The van der Waals surface area contributed by atoms with E-state index in [4.69, 9.17) is 0 Å². The van der Waals surface area contributed by atoms with Gasteiger partial charge in [0, 0.05) is 31.8 Å². The van der Waals surface area contributed by atoms with Crippen LogP contribution < -0.4 is 5.32 Å². The number of likely N-dealkylation sites (N-methyl/N-ethyl adjacent to an activating group) is 1. The van der Waals surface area contributed by atoms with Gasteiger partial charge >= 0.3 is 0 Å². The first-order valence-corrected chi connectivity index (χ1v) is 6.78. The van der Waals surface area contributed by atoms with Gasteiger partial charge in [-0.15, -0.1) is 0 Å². The van der Waals surface area contributed by atoms with Crippen LogP contribution in [0.25, 0.3) is 0 Å². The van der Waals surface area contributed by atoms with Gasteiger partial charge in [-0.05, 0) is 37.0 Å². The van der Waals surface area contributed by atoms with E-state index < -0.39 is 6.10 Å². The molecule has 2 amide bonds. The monoisotopic (exact) mass is 276 g/mol. The SMILES string of the molecule is CNC(=O)c1cccc(C(=O)N(C)CC(O)C2CC2)c1. The minimum absolute atomic E-state index is 0.185.